The summed E-state index contributed by atoms with van der Waals surface area (Å²) in [5.41, 5.74) is -0.505. The van der Waals surface area contributed by atoms with E-state index in [0.29, 0.717) is 25.0 Å². The molecule has 3 rings (SSSR count). The predicted octanol–water partition coefficient (Wildman–Crippen LogP) is 3.45. The summed E-state index contributed by atoms with van der Waals surface area (Å²) in [6, 6.07) is 8.13. The number of methoxy groups -OCH3 is 1. The van der Waals surface area contributed by atoms with Crippen molar-refractivity contribution in [2.75, 3.05) is 13.7 Å². The Morgan fingerprint density at radius 3 is 2.39 bits per heavy atom. The summed E-state index contributed by atoms with van der Waals surface area (Å²) in [5.74, 6) is -2.46. The Morgan fingerprint density at radius 2 is 1.86 bits per heavy atom. The molecule has 1 aliphatic rings. The number of nitrogens with one attached hydrogen (secondary N) is 1. The van der Waals surface area contributed by atoms with E-state index in [-0.39, 0.29) is 17.7 Å². The number of ether oxygens (including phenoxy) is 1. The van der Waals surface area contributed by atoms with Gasteiger partial charge in [0.25, 0.3) is 0 Å². The van der Waals surface area contributed by atoms with E-state index in [2.05, 4.69) is 5.32 Å². The van der Waals surface area contributed by atoms with Crippen LogP contribution in [0.25, 0.3) is 0 Å². The van der Waals surface area contributed by atoms with Gasteiger partial charge in [0.05, 0.1) is 18.1 Å². The maximum absolute atomic E-state index is 14.2. The van der Waals surface area contributed by atoms with Gasteiger partial charge < -0.3 is 15.2 Å². The van der Waals surface area contributed by atoms with Crippen molar-refractivity contribution >= 4 is 11.9 Å². The van der Waals surface area contributed by atoms with Gasteiger partial charge in [0, 0.05) is 12.1 Å². The van der Waals surface area contributed by atoms with Crippen LogP contribution in [0.5, 0.6) is 5.75 Å². The Labute approximate surface area is 161 Å². The highest BCUT2D eigenvalue weighted by atomic mass is 19.1. The van der Waals surface area contributed by atoms with Crippen LogP contribution < -0.4 is 10.1 Å². The molecule has 0 unspecified atom stereocenters. The van der Waals surface area contributed by atoms with Gasteiger partial charge in [-0.3, -0.25) is 4.79 Å². The summed E-state index contributed by atoms with van der Waals surface area (Å²) in [6.45, 7) is 0.236. The second kappa shape index (κ2) is 7.96. The van der Waals surface area contributed by atoms with Crippen molar-refractivity contribution in [2.45, 2.75) is 31.1 Å². The first-order valence-corrected chi connectivity index (χ1v) is 9.02. The topological polar surface area (TPSA) is 75.6 Å². The SMILES string of the molecule is COc1cc(C(=O)O)ccc1CCNC(=O)C1(c2c(F)cccc2F)CCC1. The molecule has 5 nitrogen and oxygen atoms in total. The zero-order chi connectivity index (χ0) is 20.3. The van der Waals surface area contributed by atoms with E-state index in [9.17, 15) is 18.4 Å². The lowest BCUT2D eigenvalue weighted by atomic mass is 9.63. The van der Waals surface area contributed by atoms with Gasteiger partial charge in [-0.25, -0.2) is 13.6 Å². The fourth-order valence-corrected chi connectivity index (χ4v) is 3.64. The van der Waals surface area contributed by atoms with E-state index in [1.165, 1.54) is 37.4 Å². The van der Waals surface area contributed by atoms with Gasteiger partial charge in [0.15, 0.2) is 0 Å². The van der Waals surface area contributed by atoms with Crippen molar-refractivity contribution in [3.63, 3.8) is 0 Å². The molecule has 2 aromatic rings. The standard InChI is InChI=1S/C21H21F2NO4/c1-28-17-12-14(19(25)26)7-6-13(17)8-11-24-20(27)21(9-3-10-21)18-15(22)4-2-5-16(18)23/h2,4-7,12H,3,8-11H2,1H3,(H,24,27)(H,25,26). The molecule has 0 bridgehead atoms. The Bertz CT molecular complexity index is 889. The zero-order valence-electron chi connectivity index (χ0n) is 15.4. The third-order valence-corrected chi connectivity index (χ3v) is 5.30. The first-order valence-electron chi connectivity index (χ1n) is 9.02. The van der Waals surface area contributed by atoms with Gasteiger partial charge in [-0.05, 0) is 49.1 Å². The van der Waals surface area contributed by atoms with Crippen LogP contribution in [0.15, 0.2) is 36.4 Å². The molecule has 0 atom stereocenters. The molecule has 0 heterocycles. The van der Waals surface area contributed by atoms with Crippen LogP contribution in [0.1, 0.15) is 40.7 Å². The minimum atomic E-state index is -1.17. The summed E-state index contributed by atoms with van der Waals surface area (Å²) in [6.07, 6.45) is 1.91. The Kier molecular flexibility index (Phi) is 5.63. The normalized spacial score (nSPS) is 14.8. The van der Waals surface area contributed by atoms with Gasteiger partial charge in [-0.1, -0.05) is 18.6 Å². The van der Waals surface area contributed by atoms with E-state index < -0.39 is 28.9 Å². The second-order valence-corrected chi connectivity index (χ2v) is 6.87. The number of carboxylic acid groups (broad SMARTS) is 1. The number of carboxylic acids is 1. The molecule has 0 aromatic heterocycles. The molecular weight excluding hydrogens is 368 g/mol. The molecule has 1 fully saturated rings. The second-order valence-electron chi connectivity index (χ2n) is 6.87. The number of hydrogen-bond donors (Lipinski definition) is 2. The lowest BCUT2D eigenvalue weighted by Crippen LogP contribution is -2.50. The average molecular weight is 389 g/mol. The molecule has 0 radical (unpaired) electrons. The smallest absolute Gasteiger partial charge is 0.335 e. The van der Waals surface area contributed by atoms with Crippen LogP contribution in [-0.4, -0.2) is 30.6 Å². The van der Waals surface area contributed by atoms with Gasteiger partial charge in [0.2, 0.25) is 5.91 Å². The Balaban J connectivity index is 1.71. The largest absolute Gasteiger partial charge is 0.496 e. The molecule has 2 aromatic carbocycles. The third kappa shape index (κ3) is 3.56. The zero-order valence-corrected chi connectivity index (χ0v) is 15.4. The summed E-state index contributed by atoms with van der Waals surface area (Å²) < 4.78 is 33.7. The molecule has 2 N–H and O–H groups in total. The summed E-state index contributed by atoms with van der Waals surface area (Å²) in [4.78, 5) is 23.8. The van der Waals surface area contributed by atoms with Crippen LogP contribution in [0, 0.1) is 11.6 Å². The van der Waals surface area contributed by atoms with Crippen molar-refractivity contribution in [3.8, 4) is 5.75 Å². The Hall–Kier alpha value is -2.96. The fourth-order valence-electron chi connectivity index (χ4n) is 3.64. The van der Waals surface area contributed by atoms with Gasteiger partial charge >= 0.3 is 5.97 Å². The van der Waals surface area contributed by atoms with Crippen LogP contribution in [0.2, 0.25) is 0 Å². The molecule has 0 aliphatic heterocycles. The number of halogens is 2. The summed E-state index contributed by atoms with van der Waals surface area (Å²) in [5, 5.41) is 11.8. The van der Waals surface area contributed by atoms with E-state index in [0.717, 1.165) is 12.0 Å². The van der Waals surface area contributed by atoms with Crippen LogP contribution in [0.4, 0.5) is 8.78 Å². The van der Waals surface area contributed by atoms with Crippen molar-refractivity contribution in [2.24, 2.45) is 0 Å². The van der Waals surface area contributed by atoms with Gasteiger partial charge in [-0.2, -0.15) is 0 Å². The third-order valence-electron chi connectivity index (χ3n) is 5.30. The molecule has 1 aliphatic carbocycles. The molecule has 1 saturated carbocycles. The highest BCUT2D eigenvalue weighted by Gasteiger charge is 2.48. The highest BCUT2D eigenvalue weighted by molar-refractivity contribution is 5.89. The van der Waals surface area contributed by atoms with Gasteiger partial charge in [-0.15, -0.1) is 0 Å². The first kappa shape index (κ1) is 19.8. The van der Waals surface area contributed by atoms with Crippen molar-refractivity contribution in [3.05, 3.63) is 64.7 Å². The summed E-state index contributed by atoms with van der Waals surface area (Å²) >= 11 is 0. The van der Waals surface area contributed by atoms with E-state index in [1.807, 2.05) is 0 Å². The van der Waals surface area contributed by atoms with E-state index in [1.54, 1.807) is 6.07 Å². The Morgan fingerprint density at radius 1 is 1.18 bits per heavy atom. The molecule has 148 valence electrons. The minimum Gasteiger partial charge on any atom is -0.496 e. The quantitative estimate of drug-likeness (QED) is 0.761. The molecule has 28 heavy (non-hydrogen) atoms. The molecular formula is C21H21F2NO4. The number of rotatable bonds is 7. The minimum absolute atomic E-state index is 0.105. The number of hydrogen-bond acceptors (Lipinski definition) is 3. The van der Waals surface area contributed by atoms with E-state index in [4.69, 9.17) is 9.84 Å². The lowest BCUT2D eigenvalue weighted by molar-refractivity contribution is -0.130. The number of amides is 1. The number of carbonyl (C=O) groups excluding carboxylic acids is 1. The molecule has 1 amide bonds. The maximum Gasteiger partial charge on any atom is 0.335 e. The van der Waals surface area contributed by atoms with Crippen molar-refractivity contribution < 1.29 is 28.2 Å². The predicted molar refractivity (Wildman–Crippen MR) is 98.6 cm³/mol. The van der Waals surface area contributed by atoms with Crippen LogP contribution in [-0.2, 0) is 16.6 Å². The number of aromatic carboxylic acids is 1. The first-order chi connectivity index (χ1) is 13.4. The van der Waals surface area contributed by atoms with Crippen LogP contribution in [0.3, 0.4) is 0 Å². The van der Waals surface area contributed by atoms with Crippen molar-refractivity contribution in [1.29, 1.82) is 0 Å². The molecule has 0 saturated heterocycles. The van der Waals surface area contributed by atoms with Gasteiger partial charge in [0.1, 0.15) is 17.4 Å². The van der Waals surface area contributed by atoms with E-state index >= 15 is 0 Å². The molecule has 7 heteroatoms. The monoisotopic (exact) mass is 389 g/mol. The summed E-state index contributed by atoms with van der Waals surface area (Å²) in [7, 11) is 1.44. The lowest BCUT2D eigenvalue weighted by Gasteiger charge is -2.41. The number of benzene rings is 2. The number of carbonyl (C=O) groups is 2. The van der Waals surface area contributed by atoms with Crippen LogP contribution >= 0.6 is 0 Å². The fraction of sp³-hybridized carbons (Fsp3) is 0.333. The average Bonchev–Trinajstić information content (AvgIpc) is 2.63. The maximum atomic E-state index is 14.2. The van der Waals surface area contributed by atoms with Crippen molar-refractivity contribution in [1.82, 2.24) is 5.32 Å². The highest BCUT2D eigenvalue weighted by Crippen LogP contribution is 2.46. The molecule has 0 spiro atoms.